The zero-order valence-corrected chi connectivity index (χ0v) is 9.97. The number of guanidine groups is 1. The van der Waals surface area contributed by atoms with Gasteiger partial charge in [-0.25, -0.2) is 4.79 Å². The molecule has 1 atom stereocenters. The summed E-state index contributed by atoms with van der Waals surface area (Å²) in [6.45, 7) is 3.63. The number of carboxylic acids is 1. The zero-order valence-electron chi connectivity index (χ0n) is 9.97. The van der Waals surface area contributed by atoms with Gasteiger partial charge in [0.05, 0.1) is 5.56 Å². The molecule has 0 radical (unpaired) electrons. The van der Waals surface area contributed by atoms with Crippen LogP contribution in [0.15, 0.2) is 23.2 Å². The Kier molecular flexibility index (Phi) is 3.36. The van der Waals surface area contributed by atoms with Crippen LogP contribution in [0.2, 0.25) is 0 Å². The standard InChI is InChI=1S/C12H15N3O3/c1-7-5-13-12(14-6-7)15-9-2-8(11(17)18)3-10(16)4-9/h2-4,7,16H,5-6H2,1H3,(H,17,18)(H2,13,14,15). The van der Waals surface area contributed by atoms with Crippen molar-refractivity contribution in [3.05, 3.63) is 23.8 Å². The first-order valence-corrected chi connectivity index (χ1v) is 5.67. The van der Waals surface area contributed by atoms with E-state index in [-0.39, 0.29) is 11.3 Å². The van der Waals surface area contributed by atoms with Crippen molar-refractivity contribution in [3.63, 3.8) is 0 Å². The lowest BCUT2D eigenvalue weighted by Crippen LogP contribution is -2.39. The molecular formula is C12H15N3O3. The predicted molar refractivity (Wildman–Crippen MR) is 68.2 cm³/mol. The summed E-state index contributed by atoms with van der Waals surface area (Å²) in [5, 5.41) is 24.4. The summed E-state index contributed by atoms with van der Waals surface area (Å²) in [5.41, 5.74) is 0.524. The number of anilines is 1. The van der Waals surface area contributed by atoms with E-state index in [4.69, 9.17) is 5.11 Å². The fraction of sp³-hybridized carbons (Fsp3) is 0.333. The fourth-order valence-corrected chi connectivity index (χ4v) is 1.67. The van der Waals surface area contributed by atoms with Crippen LogP contribution < -0.4 is 10.6 Å². The number of carbonyl (C=O) groups is 1. The lowest BCUT2D eigenvalue weighted by Gasteiger charge is -2.20. The van der Waals surface area contributed by atoms with E-state index in [2.05, 4.69) is 22.5 Å². The highest BCUT2D eigenvalue weighted by Gasteiger charge is 2.12. The van der Waals surface area contributed by atoms with Crippen LogP contribution in [-0.4, -0.2) is 35.2 Å². The summed E-state index contributed by atoms with van der Waals surface area (Å²) in [5.74, 6) is -0.104. The number of phenols is 1. The van der Waals surface area contributed by atoms with Gasteiger partial charge in [0, 0.05) is 24.8 Å². The Hall–Kier alpha value is -2.24. The maximum absolute atomic E-state index is 10.9. The largest absolute Gasteiger partial charge is 0.508 e. The molecule has 1 aliphatic rings. The highest BCUT2D eigenvalue weighted by molar-refractivity contribution is 5.96. The quantitative estimate of drug-likeness (QED) is 0.629. The molecule has 0 saturated carbocycles. The lowest BCUT2D eigenvalue weighted by molar-refractivity contribution is 0.0696. The summed E-state index contributed by atoms with van der Waals surface area (Å²) >= 11 is 0. The van der Waals surface area contributed by atoms with Gasteiger partial charge >= 0.3 is 5.97 Å². The molecule has 0 aliphatic carbocycles. The van der Waals surface area contributed by atoms with Gasteiger partial charge in [0.1, 0.15) is 5.75 Å². The molecule has 0 saturated heterocycles. The fourth-order valence-electron chi connectivity index (χ4n) is 1.67. The molecule has 0 amide bonds. The molecule has 1 unspecified atom stereocenters. The molecule has 0 fully saturated rings. The molecule has 6 nitrogen and oxygen atoms in total. The minimum Gasteiger partial charge on any atom is -0.508 e. The molecule has 6 heteroatoms. The third-order valence-corrected chi connectivity index (χ3v) is 2.61. The van der Waals surface area contributed by atoms with Crippen LogP contribution in [0.4, 0.5) is 5.69 Å². The highest BCUT2D eigenvalue weighted by atomic mass is 16.4. The molecule has 0 spiro atoms. The van der Waals surface area contributed by atoms with Gasteiger partial charge in [0.25, 0.3) is 0 Å². The van der Waals surface area contributed by atoms with Crippen LogP contribution in [0.5, 0.6) is 5.75 Å². The number of nitrogens with zero attached hydrogens (tertiary/aromatic N) is 1. The average Bonchev–Trinajstić information content (AvgIpc) is 2.31. The summed E-state index contributed by atoms with van der Waals surface area (Å²) in [6.07, 6.45) is 0. The normalized spacial score (nSPS) is 18.7. The summed E-state index contributed by atoms with van der Waals surface area (Å²) in [6, 6.07) is 4.10. The Morgan fingerprint density at radius 2 is 2.28 bits per heavy atom. The maximum Gasteiger partial charge on any atom is 0.335 e. The summed E-state index contributed by atoms with van der Waals surface area (Å²) < 4.78 is 0. The van der Waals surface area contributed by atoms with Gasteiger partial charge in [-0.05, 0) is 18.1 Å². The van der Waals surface area contributed by atoms with E-state index in [1.165, 1.54) is 18.2 Å². The van der Waals surface area contributed by atoms with Crippen LogP contribution in [-0.2, 0) is 0 Å². The van der Waals surface area contributed by atoms with E-state index in [1.54, 1.807) is 0 Å². The van der Waals surface area contributed by atoms with E-state index < -0.39 is 5.97 Å². The average molecular weight is 249 g/mol. The molecule has 18 heavy (non-hydrogen) atoms. The smallest absolute Gasteiger partial charge is 0.335 e. The van der Waals surface area contributed by atoms with Crippen molar-refractivity contribution < 1.29 is 15.0 Å². The molecule has 1 aliphatic heterocycles. The molecule has 0 bridgehead atoms. The molecule has 1 heterocycles. The third-order valence-electron chi connectivity index (χ3n) is 2.61. The van der Waals surface area contributed by atoms with Crippen molar-refractivity contribution in [3.8, 4) is 5.75 Å². The second kappa shape index (κ2) is 4.95. The Bertz CT molecular complexity index is 499. The van der Waals surface area contributed by atoms with E-state index >= 15 is 0 Å². The first kappa shape index (κ1) is 12.2. The Morgan fingerprint density at radius 3 is 2.89 bits per heavy atom. The zero-order chi connectivity index (χ0) is 13.1. The molecule has 0 aromatic heterocycles. The number of aromatic hydroxyl groups is 1. The second-order valence-electron chi connectivity index (χ2n) is 4.37. The van der Waals surface area contributed by atoms with Gasteiger partial charge < -0.3 is 20.8 Å². The number of hydrogen-bond acceptors (Lipinski definition) is 5. The molecule has 1 aromatic rings. The van der Waals surface area contributed by atoms with Gasteiger partial charge in [0.15, 0.2) is 5.96 Å². The van der Waals surface area contributed by atoms with Crippen LogP contribution >= 0.6 is 0 Å². The van der Waals surface area contributed by atoms with Crippen molar-refractivity contribution in [1.29, 1.82) is 0 Å². The van der Waals surface area contributed by atoms with Crippen molar-refractivity contribution in [2.24, 2.45) is 10.9 Å². The van der Waals surface area contributed by atoms with Crippen molar-refractivity contribution in [2.45, 2.75) is 6.92 Å². The van der Waals surface area contributed by atoms with Crippen LogP contribution in [0.3, 0.4) is 0 Å². The second-order valence-corrected chi connectivity index (χ2v) is 4.37. The van der Waals surface area contributed by atoms with Crippen molar-refractivity contribution in [1.82, 2.24) is 5.32 Å². The summed E-state index contributed by atoms with van der Waals surface area (Å²) in [7, 11) is 0. The number of rotatable bonds is 2. The van der Waals surface area contributed by atoms with Crippen molar-refractivity contribution >= 4 is 17.6 Å². The summed E-state index contributed by atoms with van der Waals surface area (Å²) in [4.78, 5) is 15.1. The van der Waals surface area contributed by atoms with E-state index in [0.717, 1.165) is 13.1 Å². The molecule has 2 rings (SSSR count). The number of phenolic OH excluding ortho intramolecular Hbond substituents is 1. The molecular weight excluding hydrogens is 234 g/mol. The Labute approximate surface area is 104 Å². The van der Waals surface area contributed by atoms with Gasteiger partial charge in [-0.3, -0.25) is 4.99 Å². The third kappa shape index (κ3) is 2.91. The lowest BCUT2D eigenvalue weighted by atomic mass is 10.1. The highest BCUT2D eigenvalue weighted by Crippen LogP contribution is 2.20. The number of hydrogen-bond donors (Lipinski definition) is 4. The van der Waals surface area contributed by atoms with Crippen molar-refractivity contribution in [2.75, 3.05) is 18.4 Å². The SMILES string of the molecule is CC1CN=C(Nc2cc(O)cc(C(=O)O)c2)NC1. The number of nitrogens with one attached hydrogen (secondary N) is 2. The Balaban J connectivity index is 2.16. The number of carboxylic acid groups (broad SMARTS) is 1. The monoisotopic (exact) mass is 249 g/mol. The first-order chi connectivity index (χ1) is 8.54. The minimum absolute atomic E-state index is 0.0299. The molecule has 4 N–H and O–H groups in total. The number of benzene rings is 1. The van der Waals surface area contributed by atoms with Crippen LogP contribution in [0.25, 0.3) is 0 Å². The predicted octanol–water partition coefficient (Wildman–Crippen LogP) is 1.10. The van der Waals surface area contributed by atoms with E-state index in [0.29, 0.717) is 17.6 Å². The topological polar surface area (TPSA) is 94.0 Å². The number of aromatic carboxylic acids is 1. The van der Waals surface area contributed by atoms with Gasteiger partial charge in [-0.1, -0.05) is 6.92 Å². The number of aliphatic imine (C=N–C) groups is 1. The molecule has 96 valence electrons. The first-order valence-electron chi connectivity index (χ1n) is 5.67. The van der Waals surface area contributed by atoms with E-state index in [9.17, 15) is 9.90 Å². The Morgan fingerprint density at radius 1 is 1.50 bits per heavy atom. The maximum atomic E-state index is 10.9. The molecule has 1 aromatic carbocycles. The van der Waals surface area contributed by atoms with Gasteiger partial charge in [0.2, 0.25) is 0 Å². The van der Waals surface area contributed by atoms with Crippen LogP contribution in [0, 0.1) is 5.92 Å². The minimum atomic E-state index is -1.08. The van der Waals surface area contributed by atoms with Crippen LogP contribution in [0.1, 0.15) is 17.3 Å². The van der Waals surface area contributed by atoms with Gasteiger partial charge in [-0.15, -0.1) is 0 Å². The van der Waals surface area contributed by atoms with Gasteiger partial charge in [-0.2, -0.15) is 0 Å². The van der Waals surface area contributed by atoms with E-state index in [1.807, 2.05) is 0 Å².